The smallest absolute Gasteiger partial charge is 0.388 e. The summed E-state index contributed by atoms with van der Waals surface area (Å²) in [5.41, 5.74) is 8.46. The largest absolute Gasteiger partial charge is 0.415 e. The molecule has 0 saturated carbocycles. The van der Waals surface area contributed by atoms with Crippen LogP contribution in [0.15, 0.2) is 16.8 Å². The van der Waals surface area contributed by atoms with Gasteiger partial charge in [-0.25, -0.2) is 14.6 Å². The number of nitrogens with two attached hydrogens (primary N) is 1. The highest BCUT2D eigenvalue weighted by atomic mass is 19.3. The van der Waals surface area contributed by atoms with Crippen molar-refractivity contribution in [2.45, 2.75) is 20.0 Å². The average Bonchev–Trinajstić information content (AvgIpc) is 2.99. The summed E-state index contributed by atoms with van der Waals surface area (Å²) >= 11 is 0. The fourth-order valence-corrected chi connectivity index (χ4v) is 2.23. The van der Waals surface area contributed by atoms with Crippen LogP contribution >= 0.6 is 0 Å². The summed E-state index contributed by atoms with van der Waals surface area (Å²) in [6, 6.07) is 4.63. The number of nitrogen functional groups attached to an aromatic ring is 1. The summed E-state index contributed by atoms with van der Waals surface area (Å²) in [4.78, 5) is 8.18. The molecule has 122 valence electrons. The van der Waals surface area contributed by atoms with E-state index in [0.29, 0.717) is 28.2 Å². The molecule has 0 radical (unpaired) electrons. The number of nitrogens with zero attached hydrogens (tertiary/aromatic N) is 5. The Kier molecular flexibility index (Phi) is 3.91. The number of ether oxygens (including phenoxy) is 1. The van der Waals surface area contributed by atoms with Crippen LogP contribution in [0.4, 0.5) is 14.5 Å². The summed E-state index contributed by atoms with van der Waals surface area (Å²) in [7, 11) is 0. The highest BCUT2D eigenvalue weighted by Gasteiger charge is 2.17. The Labute approximate surface area is 133 Å². The summed E-state index contributed by atoms with van der Waals surface area (Å²) in [5.74, 6) is -0.432. The van der Waals surface area contributed by atoms with Crippen molar-refractivity contribution in [1.82, 2.24) is 20.3 Å². The zero-order valence-electron chi connectivity index (χ0n) is 12.3. The number of nitriles is 1. The topological polar surface area (TPSA) is 124 Å². The van der Waals surface area contributed by atoms with Gasteiger partial charge in [0.2, 0.25) is 11.5 Å². The maximum atomic E-state index is 12.4. The Morgan fingerprint density at radius 3 is 2.83 bits per heavy atom. The molecule has 0 atom stereocenters. The van der Waals surface area contributed by atoms with E-state index in [4.69, 9.17) is 11.0 Å². The number of aryl methyl sites for hydroxylation is 1. The van der Waals surface area contributed by atoms with Crippen LogP contribution in [0.1, 0.15) is 22.5 Å². The molecule has 2 N–H and O–H groups in total. The molecule has 3 rings (SSSR count). The van der Waals surface area contributed by atoms with E-state index in [1.54, 1.807) is 13.0 Å². The van der Waals surface area contributed by atoms with Gasteiger partial charge in [-0.3, -0.25) is 0 Å². The van der Waals surface area contributed by atoms with Gasteiger partial charge in [0.15, 0.2) is 5.52 Å². The average molecular weight is 332 g/mol. The third kappa shape index (κ3) is 2.79. The number of anilines is 1. The number of aromatic nitrogens is 4. The first-order chi connectivity index (χ1) is 11.5. The maximum absolute atomic E-state index is 12.4. The molecule has 0 spiro atoms. The van der Waals surface area contributed by atoms with Crippen molar-refractivity contribution in [2.24, 2.45) is 0 Å². The molecular weight excluding hydrogens is 322 g/mol. The molecule has 24 heavy (non-hydrogen) atoms. The lowest BCUT2D eigenvalue weighted by molar-refractivity contribution is -0.0531. The zero-order chi connectivity index (χ0) is 17.3. The second-order valence-electron chi connectivity index (χ2n) is 4.85. The van der Waals surface area contributed by atoms with Gasteiger partial charge in [0, 0.05) is 23.4 Å². The van der Waals surface area contributed by atoms with Gasteiger partial charge in [0.05, 0.1) is 5.69 Å². The molecule has 3 aromatic heterocycles. The van der Waals surface area contributed by atoms with Crippen LogP contribution in [0.2, 0.25) is 0 Å². The molecule has 8 nitrogen and oxygen atoms in total. The zero-order valence-corrected chi connectivity index (χ0v) is 12.3. The van der Waals surface area contributed by atoms with Gasteiger partial charge in [-0.15, -0.1) is 0 Å². The minimum absolute atomic E-state index is 0.0852. The van der Waals surface area contributed by atoms with Gasteiger partial charge < -0.3 is 10.5 Å². The monoisotopic (exact) mass is 332 g/mol. The lowest BCUT2D eigenvalue weighted by atomic mass is 10.0. The Hall–Kier alpha value is -3.35. The van der Waals surface area contributed by atoms with E-state index in [9.17, 15) is 8.78 Å². The van der Waals surface area contributed by atoms with E-state index in [1.807, 2.05) is 0 Å². The number of alkyl halides is 2. The molecule has 3 heterocycles. The molecule has 0 aliphatic heterocycles. The van der Waals surface area contributed by atoms with E-state index in [1.165, 1.54) is 12.1 Å². The van der Waals surface area contributed by atoms with E-state index in [0.717, 1.165) is 0 Å². The quantitative estimate of drug-likeness (QED) is 0.769. The van der Waals surface area contributed by atoms with E-state index >= 15 is 0 Å². The van der Waals surface area contributed by atoms with Gasteiger partial charge in [-0.05, 0) is 29.4 Å². The molecule has 0 saturated heterocycles. The van der Waals surface area contributed by atoms with Crippen molar-refractivity contribution in [3.8, 4) is 11.9 Å². The summed E-state index contributed by atoms with van der Waals surface area (Å²) in [5, 5.41) is 16.2. The third-order valence-corrected chi connectivity index (χ3v) is 3.36. The Bertz CT molecular complexity index is 950. The highest BCUT2D eigenvalue weighted by Crippen LogP contribution is 2.26. The van der Waals surface area contributed by atoms with Crippen molar-refractivity contribution < 1.29 is 18.1 Å². The predicted molar refractivity (Wildman–Crippen MR) is 77.1 cm³/mol. The number of halogens is 2. The lowest BCUT2D eigenvalue weighted by Crippen LogP contribution is -2.08. The van der Waals surface area contributed by atoms with Crippen LogP contribution < -0.4 is 10.5 Å². The number of rotatable bonds is 4. The van der Waals surface area contributed by atoms with Crippen LogP contribution in [0.5, 0.6) is 5.88 Å². The molecule has 10 heteroatoms. The predicted octanol–water partition coefficient (Wildman–Crippen LogP) is 1.97. The molecule has 0 unspecified atom stereocenters. The maximum Gasteiger partial charge on any atom is 0.388 e. The molecular formula is C14H10F2N6O2. The van der Waals surface area contributed by atoms with Gasteiger partial charge in [-0.1, -0.05) is 0 Å². The number of pyridine rings is 2. The van der Waals surface area contributed by atoms with Gasteiger partial charge in [0.1, 0.15) is 11.6 Å². The summed E-state index contributed by atoms with van der Waals surface area (Å²) < 4.78 is 33.8. The van der Waals surface area contributed by atoms with Gasteiger partial charge >= 0.3 is 6.61 Å². The van der Waals surface area contributed by atoms with E-state index < -0.39 is 12.5 Å². The number of hydrogen-bond donors (Lipinski definition) is 1. The highest BCUT2D eigenvalue weighted by molar-refractivity contribution is 5.85. The third-order valence-electron chi connectivity index (χ3n) is 3.36. The second kappa shape index (κ2) is 6.04. The molecule has 0 aliphatic carbocycles. The first kappa shape index (κ1) is 15.5. The minimum Gasteiger partial charge on any atom is -0.415 e. The van der Waals surface area contributed by atoms with Crippen molar-refractivity contribution in [1.29, 1.82) is 5.26 Å². The van der Waals surface area contributed by atoms with Crippen LogP contribution in [0.25, 0.3) is 11.2 Å². The van der Waals surface area contributed by atoms with Crippen molar-refractivity contribution in [3.05, 3.63) is 34.6 Å². The normalized spacial score (nSPS) is 11.0. The number of fused-ring (bicyclic) bond motifs is 1. The number of hydrogen-bond acceptors (Lipinski definition) is 8. The van der Waals surface area contributed by atoms with Crippen LogP contribution in [-0.2, 0) is 6.42 Å². The Balaban J connectivity index is 2.01. The fraction of sp³-hybridized carbons (Fsp3) is 0.214. The molecule has 3 aromatic rings. The van der Waals surface area contributed by atoms with Gasteiger partial charge in [-0.2, -0.15) is 14.0 Å². The lowest BCUT2D eigenvalue weighted by Gasteiger charge is -2.10. The summed E-state index contributed by atoms with van der Waals surface area (Å²) in [6.07, 6.45) is 0.193. The Morgan fingerprint density at radius 1 is 1.33 bits per heavy atom. The van der Waals surface area contributed by atoms with Crippen molar-refractivity contribution >= 4 is 16.9 Å². The first-order valence-corrected chi connectivity index (χ1v) is 6.71. The standard InChI is InChI=1S/C14H10F2N6O2/c1-6-9(10(18)11-12(19-6)22-24-21-11)4-8-3-2-7(5-17)13(20-8)23-14(15)16/h2-3,14H,4,18H2,1H3. The molecule has 0 aromatic carbocycles. The molecule has 0 fully saturated rings. The van der Waals surface area contributed by atoms with E-state index in [2.05, 4.69) is 29.6 Å². The Morgan fingerprint density at radius 2 is 2.12 bits per heavy atom. The second-order valence-corrected chi connectivity index (χ2v) is 4.85. The fourth-order valence-electron chi connectivity index (χ4n) is 2.23. The van der Waals surface area contributed by atoms with Crippen LogP contribution in [0, 0.1) is 18.3 Å². The molecule has 0 bridgehead atoms. The van der Waals surface area contributed by atoms with E-state index in [-0.39, 0.29) is 17.6 Å². The summed E-state index contributed by atoms with van der Waals surface area (Å²) in [6.45, 7) is -1.36. The van der Waals surface area contributed by atoms with Crippen LogP contribution in [-0.4, -0.2) is 26.9 Å². The molecule has 0 amide bonds. The molecule has 0 aliphatic rings. The van der Waals surface area contributed by atoms with Crippen molar-refractivity contribution in [2.75, 3.05) is 5.73 Å². The van der Waals surface area contributed by atoms with Crippen molar-refractivity contribution in [3.63, 3.8) is 0 Å². The minimum atomic E-state index is -3.08. The van der Waals surface area contributed by atoms with Gasteiger partial charge in [0.25, 0.3) is 0 Å². The van der Waals surface area contributed by atoms with Crippen LogP contribution in [0.3, 0.4) is 0 Å². The SMILES string of the molecule is Cc1nc2nonc2c(N)c1Cc1ccc(C#N)c(OC(F)F)n1. The first-order valence-electron chi connectivity index (χ1n) is 6.71.